The molecule has 0 atom stereocenters. The minimum absolute atomic E-state index is 0.0225. The molecule has 0 aliphatic heterocycles. The highest BCUT2D eigenvalue weighted by atomic mass is 16.1. The van der Waals surface area contributed by atoms with Gasteiger partial charge < -0.3 is 4.98 Å². The molecule has 1 N–H and O–H groups in total. The van der Waals surface area contributed by atoms with Crippen molar-refractivity contribution in [3.63, 3.8) is 0 Å². The molecule has 0 spiro atoms. The van der Waals surface area contributed by atoms with E-state index in [2.05, 4.69) is 9.97 Å². The number of rotatable bonds is 0. The van der Waals surface area contributed by atoms with Crippen LogP contribution in [-0.4, -0.2) is 9.97 Å². The van der Waals surface area contributed by atoms with Crippen molar-refractivity contribution in [1.82, 2.24) is 9.97 Å². The Kier molecular flexibility index (Phi) is 1.43. The Hall–Kier alpha value is -1.64. The van der Waals surface area contributed by atoms with Gasteiger partial charge in [0.15, 0.2) is 5.43 Å². The molecule has 60 valence electrons. The predicted molar refractivity (Wildman–Crippen MR) is 47.1 cm³/mol. The number of nitrogens with zero attached hydrogens (tertiary/aromatic N) is 1. The van der Waals surface area contributed by atoms with E-state index in [1.54, 1.807) is 24.4 Å². The molecule has 0 radical (unpaired) electrons. The normalized spacial score (nSPS) is 10.4. The number of hydrogen-bond donors (Lipinski definition) is 1. The SMILES string of the molecule is Cc1cc(=O)c2cccnc2[nH]1. The fraction of sp³-hybridized carbons (Fsp3) is 0.111. The van der Waals surface area contributed by atoms with Crippen LogP contribution in [0.3, 0.4) is 0 Å². The third-order valence-corrected chi connectivity index (χ3v) is 1.74. The number of nitrogens with one attached hydrogen (secondary N) is 1. The molecule has 0 amide bonds. The first-order chi connectivity index (χ1) is 5.77. The minimum atomic E-state index is 0.0225. The van der Waals surface area contributed by atoms with E-state index in [9.17, 15) is 4.79 Å². The number of H-pyrrole nitrogens is 1. The van der Waals surface area contributed by atoms with Gasteiger partial charge in [-0.25, -0.2) is 4.98 Å². The number of hydrogen-bond acceptors (Lipinski definition) is 2. The Bertz CT molecular complexity index is 473. The van der Waals surface area contributed by atoms with Crippen LogP contribution < -0.4 is 5.43 Å². The molecule has 0 aliphatic carbocycles. The molecule has 0 saturated heterocycles. The summed E-state index contributed by atoms with van der Waals surface area (Å²) in [6, 6.07) is 5.09. The van der Waals surface area contributed by atoms with Crippen molar-refractivity contribution in [3.05, 3.63) is 40.3 Å². The zero-order valence-electron chi connectivity index (χ0n) is 6.66. The van der Waals surface area contributed by atoms with E-state index < -0.39 is 0 Å². The van der Waals surface area contributed by atoms with Gasteiger partial charge in [-0.15, -0.1) is 0 Å². The Labute approximate surface area is 69.1 Å². The summed E-state index contributed by atoms with van der Waals surface area (Å²) in [5.41, 5.74) is 1.52. The van der Waals surface area contributed by atoms with E-state index in [4.69, 9.17) is 0 Å². The van der Waals surface area contributed by atoms with Gasteiger partial charge in [-0.3, -0.25) is 4.79 Å². The maximum absolute atomic E-state index is 11.3. The van der Waals surface area contributed by atoms with Crippen LogP contribution in [0.4, 0.5) is 0 Å². The van der Waals surface area contributed by atoms with Crippen molar-refractivity contribution in [2.24, 2.45) is 0 Å². The average Bonchev–Trinajstić information content (AvgIpc) is 2.04. The average molecular weight is 160 g/mol. The summed E-state index contributed by atoms with van der Waals surface area (Å²) in [4.78, 5) is 18.4. The van der Waals surface area contributed by atoms with Crippen LogP contribution >= 0.6 is 0 Å². The van der Waals surface area contributed by atoms with Crippen LogP contribution in [0.15, 0.2) is 29.2 Å². The summed E-state index contributed by atoms with van der Waals surface area (Å²) in [6.45, 7) is 1.84. The van der Waals surface area contributed by atoms with Gasteiger partial charge in [0.05, 0.1) is 5.39 Å². The molecule has 2 aromatic rings. The second kappa shape index (κ2) is 2.44. The molecule has 0 saturated carbocycles. The van der Waals surface area contributed by atoms with Crippen LogP contribution in [0.2, 0.25) is 0 Å². The van der Waals surface area contributed by atoms with E-state index in [-0.39, 0.29) is 5.43 Å². The highest BCUT2D eigenvalue weighted by Crippen LogP contribution is 2.02. The fourth-order valence-corrected chi connectivity index (χ4v) is 1.20. The lowest BCUT2D eigenvalue weighted by atomic mass is 10.2. The first-order valence-electron chi connectivity index (χ1n) is 3.72. The Balaban J connectivity index is 2.99. The molecular weight excluding hydrogens is 152 g/mol. The number of pyridine rings is 2. The van der Waals surface area contributed by atoms with Gasteiger partial charge in [0.25, 0.3) is 0 Å². The molecule has 0 unspecified atom stereocenters. The molecule has 3 nitrogen and oxygen atoms in total. The second-order valence-corrected chi connectivity index (χ2v) is 2.72. The van der Waals surface area contributed by atoms with Crippen molar-refractivity contribution in [2.45, 2.75) is 6.92 Å². The molecule has 0 aromatic carbocycles. The molecule has 0 bridgehead atoms. The van der Waals surface area contributed by atoms with E-state index in [1.807, 2.05) is 6.92 Å². The van der Waals surface area contributed by atoms with Crippen molar-refractivity contribution >= 4 is 11.0 Å². The standard InChI is InChI=1S/C9H8N2O/c1-6-5-8(12)7-3-2-4-10-9(7)11-6/h2-5H,1H3,(H,10,11,12). The number of aromatic nitrogens is 2. The number of aromatic amines is 1. The molecule has 12 heavy (non-hydrogen) atoms. The molecule has 2 aromatic heterocycles. The van der Waals surface area contributed by atoms with Gasteiger partial charge in [-0.05, 0) is 19.1 Å². The lowest BCUT2D eigenvalue weighted by Gasteiger charge is -1.96. The van der Waals surface area contributed by atoms with Gasteiger partial charge in [0, 0.05) is 18.0 Å². The molecule has 2 rings (SSSR count). The largest absolute Gasteiger partial charge is 0.343 e. The maximum Gasteiger partial charge on any atom is 0.191 e. The lowest BCUT2D eigenvalue weighted by molar-refractivity contribution is 1.19. The first kappa shape index (κ1) is 7.03. The van der Waals surface area contributed by atoms with E-state index in [0.29, 0.717) is 11.0 Å². The van der Waals surface area contributed by atoms with Crippen molar-refractivity contribution in [1.29, 1.82) is 0 Å². The van der Waals surface area contributed by atoms with Crippen molar-refractivity contribution in [2.75, 3.05) is 0 Å². The van der Waals surface area contributed by atoms with E-state index in [0.717, 1.165) is 5.69 Å². The van der Waals surface area contributed by atoms with Crippen LogP contribution in [0.5, 0.6) is 0 Å². The fourth-order valence-electron chi connectivity index (χ4n) is 1.20. The van der Waals surface area contributed by atoms with E-state index in [1.165, 1.54) is 0 Å². The number of fused-ring (bicyclic) bond motifs is 1. The quantitative estimate of drug-likeness (QED) is 0.630. The third-order valence-electron chi connectivity index (χ3n) is 1.74. The van der Waals surface area contributed by atoms with Gasteiger partial charge in [0.1, 0.15) is 5.65 Å². The highest BCUT2D eigenvalue weighted by Gasteiger charge is 1.97. The lowest BCUT2D eigenvalue weighted by Crippen LogP contribution is -2.03. The zero-order chi connectivity index (χ0) is 8.55. The third kappa shape index (κ3) is 0.993. The predicted octanol–water partition coefficient (Wildman–Crippen LogP) is 1.23. The maximum atomic E-state index is 11.3. The van der Waals surface area contributed by atoms with Crippen LogP contribution in [-0.2, 0) is 0 Å². The summed E-state index contributed by atoms with van der Waals surface area (Å²) >= 11 is 0. The summed E-state index contributed by atoms with van der Waals surface area (Å²) in [7, 11) is 0. The molecule has 0 fully saturated rings. The van der Waals surface area contributed by atoms with Gasteiger partial charge in [0.2, 0.25) is 0 Å². The Morgan fingerprint density at radius 1 is 1.50 bits per heavy atom. The van der Waals surface area contributed by atoms with Gasteiger partial charge in [-0.2, -0.15) is 0 Å². The molecule has 3 heteroatoms. The van der Waals surface area contributed by atoms with Crippen molar-refractivity contribution in [3.8, 4) is 0 Å². The second-order valence-electron chi connectivity index (χ2n) is 2.72. The number of aryl methyl sites for hydroxylation is 1. The summed E-state index contributed by atoms with van der Waals surface area (Å²) in [6.07, 6.45) is 1.66. The smallest absolute Gasteiger partial charge is 0.191 e. The first-order valence-corrected chi connectivity index (χ1v) is 3.72. The Morgan fingerprint density at radius 3 is 3.17 bits per heavy atom. The summed E-state index contributed by atoms with van der Waals surface area (Å²) in [5.74, 6) is 0. The molecule has 0 aliphatic rings. The van der Waals surface area contributed by atoms with Gasteiger partial charge in [-0.1, -0.05) is 0 Å². The summed E-state index contributed by atoms with van der Waals surface area (Å²) in [5, 5.41) is 0.642. The zero-order valence-corrected chi connectivity index (χ0v) is 6.66. The summed E-state index contributed by atoms with van der Waals surface area (Å²) < 4.78 is 0. The van der Waals surface area contributed by atoms with Crippen LogP contribution in [0.25, 0.3) is 11.0 Å². The van der Waals surface area contributed by atoms with Crippen molar-refractivity contribution < 1.29 is 0 Å². The topological polar surface area (TPSA) is 45.8 Å². The van der Waals surface area contributed by atoms with E-state index >= 15 is 0 Å². The molecular formula is C9H8N2O. The Morgan fingerprint density at radius 2 is 2.33 bits per heavy atom. The van der Waals surface area contributed by atoms with Gasteiger partial charge >= 0.3 is 0 Å². The van der Waals surface area contributed by atoms with Crippen LogP contribution in [0, 0.1) is 6.92 Å². The minimum Gasteiger partial charge on any atom is -0.343 e. The monoisotopic (exact) mass is 160 g/mol. The highest BCUT2D eigenvalue weighted by molar-refractivity contribution is 5.73. The molecule has 2 heterocycles. The van der Waals surface area contributed by atoms with Crippen LogP contribution in [0.1, 0.15) is 5.69 Å².